The molecular weight excluding hydrogens is 292 g/mol. The van der Waals surface area contributed by atoms with Gasteiger partial charge in [0.15, 0.2) is 5.82 Å². The van der Waals surface area contributed by atoms with Crippen LogP contribution in [0.1, 0.15) is 49.3 Å². The summed E-state index contributed by atoms with van der Waals surface area (Å²) in [6.07, 6.45) is 2.88. The summed E-state index contributed by atoms with van der Waals surface area (Å²) in [6.45, 7) is 5.34. The second-order valence-electron chi connectivity index (χ2n) is 5.99. The fraction of sp³-hybridized carbons (Fsp3) is 0.471. The second kappa shape index (κ2) is 6.12. The first kappa shape index (κ1) is 15.7. The molecule has 6 heteroatoms. The van der Waals surface area contributed by atoms with Crippen molar-refractivity contribution in [2.24, 2.45) is 5.73 Å². The summed E-state index contributed by atoms with van der Waals surface area (Å²) in [7, 11) is 0. The Morgan fingerprint density at radius 1 is 1.26 bits per heavy atom. The number of hydrogen-bond donors (Lipinski definition) is 1. The number of benzene rings is 1. The summed E-state index contributed by atoms with van der Waals surface area (Å²) in [4.78, 5) is 18.5. The second-order valence-corrected chi connectivity index (χ2v) is 5.99. The summed E-state index contributed by atoms with van der Waals surface area (Å²) in [6, 6.07) is 7.25. The van der Waals surface area contributed by atoms with Crippen LogP contribution in [0.2, 0.25) is 0 Å². The van der Waals surface area contributed by atoms with E-state index in [1.165, 1.54) is 0 Å². The fourth-order valence-electron chi connectivity index (χ4n) is 2.77. The molecule has 23 heavy (non-hydrogen) atoms. The summed E-state index contributed by atoms with van der Waals surface area (Å²) < 4.78 is 5.33. The number of amides is 1. The Morgan fingerprint density at radius 2 is 1.91 bits per heavy atom. The third-order valence-corrected chi connectivity index (χ3v) is 4.55. The normalized spacial score (nSPS) is 16.0. The topological polar surface area (TPSA) is 85.2 Å². The number of nitrogens with two attached hydrogens (primary N) is 1. The van der Waals surface area contributed by atoms with Gasteiger partial charge in [0.05, 0.1) is 5.54 Å². The van der Waals surface area contributed by atoms with Crippen molar-refractivity contribution in [3.63, 3.8) is 0 Å². The number of aromatic nitrogens is 2. The zero-order valence-corrected chi connectivity index (χ0v) is 13.6. The van der Waals surface area contributed by atoms with Crippen LogP contribution in [0.5, 0.6) is 0 Å². The van der Waals surface area contributed by atoms with E-state index in [9.17, 15) is 4.79 Å². The lowest BCUT2D eigenvalue weighted by molar-refractivity contribution is 0.0773. The van der Waals surface area contributed by atoms with Gasteiger partial charge in [-0.15, -0.1) is 0 Å². The molecular formula is C17H22N4O2. The van der Waals surface area contributed by atoms with Gasteiger partial charge in [0.2, 0.25) is 0 Å². The van der Waals surface area contributed by atoms with Crippen LogP contribution in [0.3, 0.4) is 0 Å². The van der Waals surface area contributed by atoms with Gasteiger partial charge < -0.3 is 15.2 Å². The Hall–Kier alpha value is -2.21. The lowest BCUT2D eigenvalue weighted by Gasteiger charge is -2.34. The minimum atomic E-state index is -0.430. The van der Waals surface area contributed by atoms with Crippen LogP contribution in [0, 0.1) is 0 Å². The smallest absolute Gasteiger partial charge is 0.257 e. The van der Waals surface area contributed by atoms with E-state index in [0.29, 0.717) is 30.4 Å². The Labute approximate surface area is 135 Å². The average molecular weight is 314 g/mol. The van der Waals surface area contributed by atoms with Crippen LogP contribution >= 0.6 is 0 Å². The van der Waals surface area contributed by atoms with Crippen LogP contribution in [0.15, 0.2) is 28.8 Å². The summed E-state index contributed by atoms with van der Waals surface area (Å²) in [5.41, 5.74) is 7.23. The van der Waals surface area contributed by atoms with E-state index in [1.807, 2.05) is 26.0 Å². The fourth-order valence-corrected chi connectivity index (χ4v) is 2.77. The minimum Gasteiger partial charge on any atom is -0.339 e. The van der Waals surface area contributed by atoms with Gasteiger partial charge >= 0.3 is 0 Å². The van der Waals surface area contributed by atoms with E-state index < -0.39 is 5.54 Å². The monoisotopic (exact) mass is 314 g/mol. The van der Waals surface area contributed by atoms with Crippen molar-refractivity contribution >= 4 is 5.91 Å². The molecule has 1 aliphatic rings. The molecule has 0 saturated heterocycles. The van der Waals surface area contributed by atoms with Gasteiger partial charge in [0, 0.05) is 24.2 Å². The zero-order valence-electron chi connectivity index (χ0n) is 13.6. The predicted molar refractivity (Wildman–Crippen MR) is 86.7 cm³/mol. The van der Waals surface area contributed by atoms with E-state index in [-0.39, 0.29) is 5.91 Å². The highest BCUT2D eigenvalue weighted by Gasteiger charge is 2.39. The van der Waals surface area contributed by atoms with Gasteiger partial charge in [-0.1, -0.05) is 5.16 Å². The first-order valence-corrected chi connectivity index (χ1v) is 8.10. The van der Waals surface area contributed by atoms with E-state index in [0.717, 1.165) is 24.8 Å². The first-order chi connectivity index (χ1) is 11.1. The molecule has 1 aromatic carbocycles. The van der Waals surface area contributed by atoms with Crippen molar-refractivity contribution in [1.82, 2.24) is 15.0 Å². The van der Waals surface area contributed by atoms with Crippen molar-refractivity contribution < 1.29 is 9.32 Å². The van der Waals surface area contributed by atoms with Gasteiger partial charge in [-0.3, -0.25) is 4.79 Å². The van der Waals surface area contributed by atoms with Gasteiger partial charge in [-0.2, -0.15) is 4.98 Å². The molecule has 0 bridgehead atoms. The molecule has 1 amide bonds. The maximum Gasteiger partial charge on any atom is 0.257 e. The number of rotatable bonds is 5. The molecule has 122 valence electrons. The molecule has 3 rings (SSSR count). The zero-order chi connectivity index (χ0) is 16.4. The molecule has 1 aromatic heterocycles. The van der Waals surface area contributed by atoms with Crippen LogP contribution < -0.4 is 5.73 Å². The highest BCUT2D eigenvalue weighted by molar-refractivity contribution is 5.94. The van der Waals surface area contributed by atoms with Crippen molar-refractivity contribution in [2.45, 2.75) is 38.6 Å². The van der Waals surface area contributed by atoms with Crippen molar-refractivity contribution in [2.75, 3.05) is 13.1 Å². The summed E-state index contributed by atoms with van der Waals surface area (Å²) in [5.74, 6) is 1.05. The lowest BCUT2D eigenvalue weighted by atomic mass is 9.77. The molecule has 0 unspecified atom stereocenters. The number of hydrogen-bond acceptors (Lipinski definition) is 5. The molecule has 1 fully saturated rings. The molecule has 0 atom stereocenters. The average Bonchev–Trinajstić information content (AvgIpc) is 3.04. The van der Waals surface area contributed by atoms with Gasteiger partial charge in [-0.25, -0.2) is 0 Å². The number of carbonyl (C=O) groups excluding carboxylic acids is 1. The quantitative estimate of drug-likeness (QED) is 0.916. The Balaban J connectivity index is 1.78. The molecule has 2 N–H and O–H groups in total. The predicted octanol–water partition coefficient (Wildman–Crippen LogP) is 2.56. The van der Waals surface area contributed by atoms with Crippen molar-refractivity contribution in [3.05, 3.63) is 35.7 Å². The molecule has 2 aromatic rings. The maximum absolute atomic E-state index is 12.3. The largest absolute Gasteiger partial charge is 0.339 e. The highest BCUT2D eigenvalue weighted by atomic mass is 16.5. The van der Waals surface area contributed by atoms with Crippen LogP contribution in [0.25, 0.3) is 11.5 Å². The lowest BCUT2D eigenvalue weighted by Crippen LogP contribution is -2.44. The molecule has 0 aliphatic heterocycles. The van der Waals surface area contributed by atoms with Gasteiger partial charge in [0.25, 0.3) is 11.8 Å². The summed E-state index contributed by atoms with van der Waals surface area (Å²) >= 11 is 0. The highest BCUT2D eigenvalue weighted by Crippen LogP contribution is 2.37. The minimum absolute atomic E-state index is 0.0307. The van der Waals surface area contributed by atoms with E-state index in [4.69, 9.17) is 10.3 Å². The Kier molecular flexibility index (Phi) is 4.17. The van der Waals surface area contributed by atoms with E-state index >= 15 is 0 Å². The standard InChI is InChI=1S/C17H22N4O2/c1-3-21(4-2)15(22)13-8-6-12(7-9-13)14-19-16(20-23-14)17(18)10-5-11-17/h6-9H,3-5,10-11,18H2,1-2H3. The number of carbonyl (C=O) groups is 1. The van der Waals surface area contributed by atoms with Crippen LogP contribution in [-0.2, 0) is 5.54 Å². The Morgan fingerprint density at radius 3 is 2.43 bits per heavy atom. The first-order valence-electron chi connectivity index (χ1n) is 8.10. The third kappa shape index (κ3) is 2.86. The molecule has 1 heterocycles. The SMILES string of the molecule is CCN(CC)C(=O)c1ccc(-c2nc(C3(N)CCC3)no2)cc1. The van der Waals surface area contributed by atoms with E-state index in [2.05, 4.69) is 10.1 Å². The number of nitrogens with zero attached hydrogens (tertiary/aromatic N) is 3. The van der Waals surface area contributed by atoms with Gasteiger partial charge in [-0.05, 0) is 57.4 Å². The molecule has 6 nitrogen and oxygen atoms in total. The Bertz CT molecular complexity index is 685. The van der Waals surface area contributed by atoms with E-state index in [1.54, 1.807) is 17.0 Å². The summed E-state index contributed by atoms with van der Waals surface area (Å²) in [5, 5.41) is 4.01. The maximum atomic E-state index is 12.3. The molecule has 1 saturated carbocycles. The molecule has 1 aliphatic carbocycles. The van der Waals surface area contributed by atoms with Crippen molar-refractivity contribution in [3.8, 4) is 11.5 Å². The van der Waals surface area contributed by atoms with Crippen molar-refractivity contribution in [1.29, 1.82) is 0 Å². The molecule has 0 spiro atoms. The van der Waals surface area contributed by atoms with Gasteiger partial charge in [0.1, 0.15) is 0 Å². The van der Waals surface area contributed by atoms with Crippen LogP contribution in [0.4, 0.5) is 0 Å². The molecule has 0 radical (unpaired) electrons. The van der Waals surface area contributed by atoms with Crippen LogP contribution in [-0.4, -0.2) is 34.0 Å². The third-order valence-electron chi connectivity index (χ3n) is 4.55.